The van der Waals surface area contributed by atoms with E-state index in [2.05, 4.69) is 22.8 Å². The normalized spacial score (nSPS) is 14.5. The number of alkyl carbamates (subject to hydrolysis) is 1. The molecule has 0 heterocycles. The van der Waals surface area contributed by atoms with E-state index in [0.29, 0.717) is 0 Å². The molecule has 1 radical (unpaired) electrons. The largest absolute Gasteiger partial charge is 0.449 e. The quantitative estimate of drug-likeness (QED) is 0.386. The van der Waals surface area contributed by atoms with E-state index in [1.165, 1.54) is 0 Å². The van der Waals surface area contributed by atoms with Crippen LogP contribution in [0.4, 0.5) is 4.79 Å². The predicted octanol–water partition coefficient (Wildman–Crippen LogP) is 4.37. The second-order valence-corrected chi connectivity index (χ2v) is 9.47. The zero-order chi connectivity index (χ0) is 26.4. The van der Waals surface area contributed by atoms with Crippen LogP contribution in [0.25, 0.3) is 11.1 Å². The maximum atomic E-state index is 12.8. The lowest BCUT2D eigenvalue weighted by molar-refractivity contribution is -0.126. The molecule has 3 unspecified atom stereocenters. The van der Waals surface area contributed by atoms with Crippen molar-refractivity contribution < 1.29 is 19.1 Å². The van der Waals surface area contributed by atoms with Gasteiger partial charge >= 0.3 is 6.09 Å². The lowest BCUT2D eigenvalue weighted by Crippen LogP contribution is -2.46. The number of benzene rings is 3. The zero-order valence-corrected chi connectivity index (χ0v) is 21.0. The van der Waals surface area contributed by atoms with Gasteiger partial charge in [0, 0.05) is 17.9 Å². The Morgan fingerprint density at radius 1 is 0.892 bits per heavy atom. The van der Waals surface area contributed by atoms with Crippen molar-refractivity contribution in [2.24, 2.45) is 17.6 Å². The van der Waals surface area contributed by atoms with Crippen LogP contribution in [0.15, 0.2) is 78.9 Å². The Morgan fingerprint density at radius 3 is 2.05 bits per heavy atom. The van der Waals surface area contributed by atoms with Gasteiger partial charge in [-0.1, -0.05) is 92.7 Å². The minimum Gasteiger partial charge on any atom is -0.449 e. The molecule has 191 valence electrons. The maximum absolute atomic E-state index is 12.8. The molecule has 0 bridgehead atoms. The van der Waals surface area contributed by atoms with E-state index < -0.39 is 29.9 Å². The minimum absolute atomic E-state index is 0.0802. The second kappa shape index (κ2) is 11.7. The average molecular weight is 499 g/mol. The molecule has 7 heteroatoms. The van der Waals surface area contributed by atoms with Gasteiger partial charge in [0.05, 0.1) is 12.5 Å². The number of hydrogen-bond acceptors (Lipinski definition) is 4. The zero-order valence-electron chi connectivity index (χ0n) is 21.0. The summed E-state index contributed by atoms with van der Waals surface area (Å²) in [6.07, 6.45) is -0.425. The standard InChI is InChI=1S/C30H32N3O4/c1-19(29(35)32-17-21-10-4-3-5-11-21)16-27(20(2)28(31)34)33-30(36)37-18-26-24-14-8-6-12-22(24)23-13-7-9-15-25(23)26/h3-15,17,19-20,26-27H,16,18H2,1-2H3,(H2,31,34)(H,32,35)(H,33,36). The Morgan fingerprint density at radius 2 is 1.46 bits per heavy atom. The molecule has 3 amide bonds. The number of nitrogens with one attached hydrogen (secondary N) is 2. The van der Waals surface area contributed by atoms with Crippen LogP contribution in [-0.4, -0.2) is 30.6 Å². The van der Waals surface area contributed by atoms with Gasteiger partial charge in [0.15, 0.2) is 0 Å². The molecule has 1 aliphatic rings. The van der Waals surface area contributed by atoms with Gasteiger partial charge in [-0.15, -0.1) is 0 Å². The first-order valence-electron chi connectivity index (χ1n) is 12.4. The fraction of sp³-hybridized carbons (Fsp3) is 0.267. The molecule has 1 aliphatic carbocycles. The van der Waals surface area contributed by atoms with Crippen LogP contribution >= 0.6 is 0 Å². The number of amides is 3. The van der Waals surface area contributed by atoms with E-state index in [1.807, 2.05) is 66.7 Å². The van der Waals surface area contributed by atoms with E-state index in [1.54, 1.807) is 20.4 Å². The molecule has 3 aromatic carbocycles. The van der Waals surface area contributed by atoms with E-state index >= 15 is 0 Å². The highest BCUT2D eigenvalue weighted by Crippen LogP contribution is 2.44. The third-order valence-corrected chi connectivity index (χ3v) is 6.93. The van der Waals surface area contributed by atoms with Gasteiger partial charge in [0.2, 0.25) is 11.8 Å². The minimum atomic E-state index is -0.686. The molecule has 3 atom stereocenters. The van der Waals surface area contributed by atoms with Gasteiger partial charge in [-0.25, -0.2) is 4.79 Å². The molecule has 4 N–H and O–H groups in total. The highest BCUT2D eigenvalue weighted by atomic mass is 16.5. The van der Waals surface area contributed by atoms with Crippen LogP contribution < -0.4 is 16.4 Å². The molecule has 4 rings (SSSR count). The van der Waals surface area contributed by atoms with Crippen molar-refractivity contribution in [1.82, 2.24) is 10.6 Å². The molecule has 0 aromatic heterocycles. The first kappa shape index (κ1) is 25.9. The van der Waals surface area contributed by atoms with Crippen molar-refractivity contribution in [2.75, 3.05) is 6.61 Å². The summed E-state index contributed by atoms with van der Waals surface area (Å²) < 4.78 is 5.64. The van der Waals surface area contributed by atoms with Gasteiger partial charge in [-0.05, 0) is 34.2 Å². The number of primary amides is 1. The van der Waals surface area contributed by atoms with Crippen LogP contribution in [0.1, 0.15) is 42.9 Å². The van der Waals surface area contributed by atoms with Crippen LogP contribution in [0.5, 0.6) is 0 Å². The Hall–Kier alpha value is -4.13. The number of carbonyl (C=O) groups is 3. The van der Waals surface area contributed by atoms with E-state index in [4.69, 9.17) is 10.5 Å². The van der Waals surface area contributed by atoms with Crippen LogP contribution in [-0.2, 0) is 14.3 Å². The van der Waals surface area contributed by atoms with Crippen molar-refractivity contribution in [3.63, 3.8) is 0 Å². The summed E-state index contributed by atoms with van der Waals surface area (Å²) in [6.45, 7) is 5.16. The second-order valence-electron chi connectivity index (χ2n) is 9.47. The van der Waals surface area contributed by atoms with E-state index in [0.717, 1.165) is 27.8 Å². The monoisotopic (exact) mass is 498 g/mol. The van der Waals surface area contributed by atoms with Crippen molar-refractivity contribution in [3.8, 4) is 11.1 Å². The van der Waals surface area contributed by atoms with Crippen molar-refractivity contribution in [1.29, 1.82) is 0 Å². The SMILES string of the molecule is CC(CC(NC(=O)OCC1c2ccccc2-c2ccccc21)C(C)C(N)=O)C(=O)N[CH]c1ccccc1. The Bertz CT molecular complexity index is 1210. The van der Waals surface area contributed by atoms with E-state index in [-0.39, 0.29) is 24.9 Å². The van der Waals surface area contributed by atoms with Crippen molar-refractivity contribution >= 4 is 17.9 Å². The van der Waals surface area contributed by atoms with Gasteiger partial charge < -0.3 is 21.1 Å². The summed E-state index contributed by atoms with van der Waals surface area (Å²) in [5, 5.41) is 5.56. The first-order valence-corrected chi connectivity index (χ1v) is 12.4. The molecule has 0 saturated carbocycles. The van der Waals surface area contributed by atoms with E-state index in [9.17, 15) is 14.4 Å². The number of nitrogens with two attached hydrogens (primary N) is 1. The summed E-state index contributed by atoms with van der Waals surface area (Å²) in [4.78, 5) is 37.4. The number of hydrogen-bond donors (Lipinski definition) is 3. The smallest absolute Gasteiger partial charge is 0.407 e. The topological polar surface area (TPSA) is 111 Å². The fourth-order valence-electron chi connectivity index (χ4n) is 4.71. The van der Waals surface area contributed by atoms with Gasteiger partial charge in [0.1, 0.15) is 6.61 Å². The average Bonchev–Trinajstić information content (AvgIpc) is 3.23. The number of fused-ring (bicyclic) bond motifs is 3. The Labute approximate surface area is 217 Å². The van der Waals surface area contributed by atoms with Gasteiger partial charge in [-0.3, -0.25) is 9.59 Å². The van der Waals surface area contributed by atoms with Gasteiger partial charge in [0.25, 0.3) is 0 Å². The van der Waals surface area contributed by atoms with Crippen molar-refractivity contribution in [3.05, 3.63) is 102 Å². The highest BCUT2D eigenvalue weighted by Gasteiger charge is 2.31. The summed E-state index contributed by atoms with van der Waals surface area (Å²) in [6, 6.07) is 24.9. The summed E-state index contributed by atoms with van der Waals surface area (Å²) in [7, 11) is 0. The molecular weight excluding hydrogens is 466 g/mol. The first-order chi connectivity index (χ1) is 17.8. The number of ether oxygens (including phenoxy) is 1. The molecule has 0 spiro atoms. The maximum Gasteiger partial charge on any atom is 0.407 e. The molecular formula is C30H32N3O4. The lowest BCUT2D eigenvalue weighted by Gasteiger charge is -2.26. The summed E-state index contributed by atoms with van der Waals surface area (Å²) in [5.41, 5.74) is 10.9. The van der Waals surface area contributed by atoms with Crippen LogP contribution in [0.3, 0.4) is 0 Å². The Balaban J connectivity index is 1.37. The molecule has 7 nitrogen and oxygen atoms in total. The van der Waals surface area contributed by atoms with Crippen LogP contribution in [0, 0.1) is 18.4 Å². The number of carbonyl (C=O) groups excluding carboxylic acids is 3. The summed E-state index contributed by atoms with van der Waals surface area (Å²) >= 11 is 0. The third-order valence-electron chi connectivity index (χ3n) is 6.93. The molecule has 0 aliphatic heterocycles. The lowest BCUT2D eigenvalue weighted by atomic mass is 9.91. The molecule has 0 saturated heterocycles. The molecule has 37 heavy (non-hydrogen) atoms. The number of rotatable bonds is 10. The summed E-state index contributed by atoms with van der Waals surface area (Å²) in [5.74, 6) is -2.04. The van der Waals surface area contributed by atoms with Gasteiger partial charge in [-0.2, -0.15) is 0 Å². The molecule has 0 fully saturated rings. The predicted molar refractivity (Wildman–Crippen MR) is 142 cm³/mol. The third kappa shape index (κ3) is 6.17. The Kier molecular flexibility index (Phi) is 8.23. The van der Waals surface area contributed by atoms with Crippen molar-refractivity contribution in [2.45, 2.75) is 32.2 Å². The highest BCUT2D eigenvalue weighted by molar-refractivity contribution is 5.81. The van der Waals surface area contributed by atoms with Crippen LogP contribution in [0.2, 0.25) is 0 Å². The molecule has 3 aromatic rings. The fourth-order valence-corrected chi connectivity index (χ4v) is 4.71.